The molecule has 0 aliphatic carbocycles. The first-order valence-electron chi connectivity index (χ1n) is 4.61. The summed E-state index contributed by atoms with van der Waals surface area (Å²) in [6.45, 7) is 4.48. The number of thiophene rings is 1. The number of anilines is 1. The molecular formula is C10H17NS. The lowest BCUT2D eigenvalue weighted by molar-refractivity contribution is 0.645. The van der Waals surface area contributed by atoms with Gasteiger partial charge in [-0.3, -0.25) is 0 Å². The summed E-state index contributed by atoms with van der Waals surface area (Å²) in [5.41, 5.74) is 1.27. The van der Waals surface area contributed by atoms with Crippen LogP contribution in [0.1, 0.15) is 33.1 Å². The molecule has 1 N–H and O–H groups in total. The Morgan fingerprint density at radius 1 is 1.58 bits per heavy atom. The molecule has 0 fully saturated rings. The van der Waals surface area contributed by atoms with Gasteiger partial charge in [0.25, 0.3) is 0 Å². The summed E-state index contributed by atoms with van der Waals surface area (Å²) in [5, 5.41) is 7.73. The SMILES string of the molecule is CCCCC(C)Nc1ccsc1. The van der Waals surface area contributed by atoms with Gasteiger partial charge < -0.3 is 5.32 Å². The maximum Gasteiger partial charge on any atom is 0.0450 e. The molecule has 0 aliphatic heterocycles. The highest BCUT2D eigenvalue weighted by Gasteiger charge is 2.00. The number of unbranched alkanes of at least 4 members (excludes halogenated alkanes) is 1. The van der Waals surface area contributed by atoms with E-state index in [0.29, 0.717) is 6.04 Å². The number of hydrogen-bond donors (Lipinski definition) is 1. The summed E-state index contributed by atoms with van der Waals surface area (Å²) in [6.07, 6.45) is 3.88. The van der Waals surface area contributed by atoms with Gasteiger partial charge in [-0.15, -0.1) is 0 Å². The molecule has 1 atom stereocenters. The fourth-order valence-electron chi connectivity index (χ4n) is 1.21. The van der Waals surface area contributed by atoms with E-state index >= 15 is 0 Å². The van der Waals surface area contributed by atoms with Crippen LogP contribution in [0.15, 0.2) is 16.8 Å². The second-order valence-corrected chi connectivity index (χ2v) is 3.98. The van der Waals surface area contributed by atoms with Crippen molar-refractivity contribution in [3.8, 4) is 0 Å². The number of rotatable bonds is 5. The Bertz CT molecular complexity index is 194. The summed E-state index contributed by atoms with van der Waals surface area (Å²) in [6, 6.07) is 2.74. The van der Waals surface area contributed by atoms with Gasteiger partial charge in [-0.05, 0) is 24.8 Å². The minimum atomic E-state index is 0.611. The van der Waals surface area contributed by atoms with Gasteiger partial charge in [0.15, 0.2) is 0 Å². The van der Waals surface area contributed by atoms with Crippen LogP contribution in [0.2, 0.25) is 0 Å². The van der Waals surface area contributed by atoms with E-state index in [0.717, 1.165) is 0 Å². The smallest absolute Gasteiger partial charge is 0.0450 e. The van der Waals surface area contributed by atoms with E-state index in [2.05, 4.69) is 36.0 Å². The minimum absolute atomic E-state index is 0.611. The predicted octanol–water partition coefficient (Wildman–Crippen LogP) is 3.74. The Morgan fingerprint density at radius 2 is 2.42 bits per heavy atom. The van der Waals surface area contributed by atoms with Crippen molar-refractivity contribution in [1.82, 2.24) is 0 Å². The van der Waals surface area contributed by atoms with E-state index in [9.17, 15) is 0 Å². The lowest BCUT2D eigenvalue weighted by Crippen LogP contribution is -2.13. The molecule has 12 heavy (non-hydrogen) atoms. The molecule has 0 aliphatic rings. The molecule has 0 saturated carbocycles. The second-order valence-electron chi connectivity index (χ2n) is 3.20. The maximum absolute atomic E-state index is 3.47. The molecule has 1 aromatic rings. The fraction of sp³-hybridized carbons (Fsp3) is 0.600. The highest BCUT2D eigenvalue weighted by Crippen LogP contribution is 2.14. The van der Waals surface area contributed by atoms with Gasteiger partial charge in [0, 0.05) is 17.1 Å². The van der Waals surface area contributed by atoms with Crippen LogP contribution in [0.25, 0.3) is 0 Å². The zero-order valence-corrected chi connectivity index (χ0v) is 8.66. The van der Waals surface area contributed by atoms with Crippen molar-refractivity contribution in [1.29, 1.82) is 0 Å². The monoisotopic (exact) mass is 183 g/mol. The van der Waals surface area contributed by atoms with E-state index in [1.54, 1.807) is 11.3 Å². The molecule has 2 heteroatoms. The molecule has 68 valence electrons. The molecule has 0 bridgehead atoms. The Morgan fingerprint density at radius 3 is 3.00 bits per heavy atom. The van der Waals surface area contributed by atoms with Gasteiger partial charge in [0.2, 0.25) is 0 Å². The second kappa shape index (κ2) is 5.20. The predicted molar refractivity (Wildman–Crippen MR) is 56.9 cm³/mol. The molecular weight excluding hydrogens is 166 g/mol. The first-order valence-corrected chi connectivity index (χ1v) is 5.56. The summed E-state index contributed by atoms with van der Waals surface area (Å²) in [4.78, 5) is 0. The lowest BCUT2D eigenvalue weighted by Gasteiger charge is -2.12. The van der Waals surface area contributed by atoms with Crippen LogP contribution in [0, 0.1) is 0 Å². The van der Waals surface area contributed by atoms with Crippen molar-refractivity contribution in [2.45, 2.75) is 39.2 Å². The van der Waals surface area contributed by atoms with Crippen LogP contribution >= 0.6 is 11.3 Å². The summed E-state index contributed by atoms with van der Waals surface area (Å²) in [5.74, 6) is 0. The van der Waals surface area contributed by atoms with Crippen molar-refractivity contribution in [2.75, 3.05) is 5.32 Å². The van der Waals surface area contributed by atoms with Gasteiger partial charge in [0.1, 0.15) is 0 Å². The highest BCUT2D eigenvalue weighted by molar-refractivity contribution is 7.08. The van der Waals surface area contributed by atoms with Crippen molar-refractivity contribution < 1.29 is 0 Å². The topological polar surface area (TPSA) is 12.0 Å². The largest absolute Gasteiger partial charge is 0.382 e. The van der Waals surface area contributed by atoms with Crippen LogP contribution in [0.5, 0.6) is 0 Å². The quantitative estimate of drug-likeness (QED) is 0.733. The molecule has 1 aromatic heterocycles. The van der Waals surface area contributed by atoms with Crippen LogP contribution in [0.4, 0.5) is 5.69 Å². The summed E-state index contributed by atoms with van der Waals surface area (Å²) < 4.78 is 0. The lowest BCUT2D eigenvalue weighted by atomic mass is 10.1. The van der Waals surface area contributed by atoms with E-state index in [-0.39, 0.29) is 0 Å². The van der Waals surface area contributed by atoms with Crippen LogP contribution < -0.4 is 5.32 Å². The molecule has 1 nitrogen and oxygen atoms in total. The normalized spacial score (nSPS) is 12.8. The minimum Gasteiger partial charge on any atom is -0.382 e. The van der Waals surface area contributed by atoms with Crippen LogP contribution in [-0.2, 0) is 0 Å². The van der Waals surface area contributed by atoms with E-state index in [4.69, 9.17) is 0 Å². The van der Waals surface area contributed by atoms with Crippen LogP contribution in [0.3, 0.4) is 0 Å². The fourth-order valence-corrected chi connectivity index (χ4v) is 1.81. The molecule has 0 amide bonds. The first-order chi connectivity index (χ1) is 5.83. The zero-order valence-electron chi connectivity index (χ0n) is 7.84. The summed E-state index contributed by atoms with van der Waals surface area (Å²) >= 11 is 1.74. The van der Waals surface area contributed by atoms with Gasteiger partial charge in [-0.2, -0.15) is 11.3 Å². The third-order valence-corrected chi connectivity index (χ3v) is 2.61. The Labute approximate surface area is 78.8 Å². The highest BCUT2D eigenvalue weighted by atomic mass is 32.1. The third-order valence-electron chi connectivity index (χ3n) is 1.92. The van der Waals surface area contributed by atoms with Crippen LogP contribution in [-0.4, -0.2) is 6.04 Å². The Hall–Kier alpha value is -0.500. The van der Waals surface area contributed by atoms with Crippen molar-refractivity contribution in [2.24, 2.45) is 0 Å². The Balaban J connectivity index is 2.22. The molecule has 0 radical (unpaired) electrons. The van der Waals surface area contributed by atoms with Gasteiger partial charge in [-0.1, -0.05) is 19.8 Å². The average molecular weight is 183 g/mol. The van der Waals surface area contributed by atoms with Crippen molar-refractivity contribution >= 4 is 17.0 Å². The maximum atomic E-state index is 3.47. The van der Waals surface area contributed by atoms with E-state index in [1.807, 2.05) is 0 Å². The van der Waals surface area contributed by atoms with Crippen molar-refractivity contribution in [3.63, 3.8) is 0 Å². The molecule has 1 heterocycles. The average Bonchev–Trinajstić information content (AvgIpc) is 2.53. The molecule has 1 rings (SSSR count). The Kier molecular flexibility index (Phi) is 4.15. The third kappa shape index (κ3) is 3.26. The molecule has 0 aromatic carbocycles. The van der Waals surface area contributed by atoms with Gasteiger partial charge in [0.05, 0.1) is 0 Å². The van der Waals surface area contributed by atoms with Gasteiger partial charge >= 0.3 is 0 Å². The van der Waals surface area contributed by atoms with Crippen molar-refractivity contribution in [3.05, 3.63) is 16.8 Å². The molecule has 0 saturated heterocycles. The van der Waals surface area contributed by atoms with E-state index < -0.39 is 0 Å². The zero-order chi connectivity index (χ0) is 8.81. The number of hydrogen-bond acceptors (Lipinski definition) is 2. The summed E-state index contributed by atoms with van der Waals surface area (Å²) in [7, 11) is 0. The standard InChI is InChI=1S/C10H17NS/c1-3-4-5-9(2)11-10-6-7-12-8-10/h6-9,11H,3-5H2,1-2H3. The molecule has 1 unspecified atom stereocenters. The molecule has 0 spiro atoms. The van der Waals surface area contributed by atoms with Gasteiger partial charge in [-0.25, -0.2) is 0 Å². The first kappa shape index (κ1) is 9.59. The number of nitrogens with one attached hydrogen (secondary N) is 1. The van der Waals surface area contributed by atoms with E-state index in [1.165, 1.54) is 24.9 Å².